The van der Waals surface area contributed by atoms with Gasteiger partial charge in [0.1, 0.15) is 17.2 Å². The first-order chi connectivity index (χ1) is 18.1. The number of piperazine rings is 1. The average Bonchev–Trinajstić information content (AvgIpc) is 2.87. The van der Waals surface area contributed by atoms with Crippen molar-refractivity contribution in [3.63, 3.8) is 0 Å². The number of hydrogen-bond donors (Lipinski definition) is 0. The number of nitrogens with zero attached hydrogens (tertiary/aromatic N) is 4. The highest BCUT2D eigenvalue weighted by molar-refractivity contribution is 7.98. The van der Waals surface area contributed by atoms with E-state index < -0.39 is 5.60 Å². The standard InChI is InChI=1S/C29H39FN4O3S/c1-28(2,3)37-27(35)34-14-13-33(17-20(34)18-36-4)25-22-10-12-29(16-24(22)31-26(32-25)38-5)11-9-21-19(15-29)7-6-8-23(21)30/h6-8,20H,9-18H2,1-5H3/t20?,29-/m0/s1. The number of ether oxygens (including phenoxy) is 2. The van der Waals surface area contributed by atoms with Gasteiger partial charge in [-0.25, -0.2) is 19.2 Å². The Morgan fingerprint density at radius 1 is 1.16 bits per heavy atom. The smallest absolute Gasteiger partial charge is 0.410 e. The Kier molecular flexibility index (Phi) is 7.61. The highest BCUT2D eigenvalue weighted by Gasteiger charge is 2.41. The number of benzene rings is 1. The minimum Gasteiger partial charge on any atom is -0.444 e. The Hall–Kier alpha value is -2.39. The molecule has 1 fully saturated rings. The van der Waals surface area contributed by atoms with E-state index in [1.54, 1.807) is 29.8 Å². The van der Waals surface area contributed by atoms with Crippen LogP contribution < -0.4 is 4.90 Å². The molecule has 1 aliphatic heterocycles. The molecule has 5 rings (SSSR count). The van der Waals surface area contributed by atoms with Crippen LogP contribution in [0.15, 0.2) is 23.4 Å². The normalized spacial score (nSPS) is 23.3. The van der Waals surface area contributed by atoms with Gasteiger partial charge in [0.2, 0.25) is 0 Å². The molecule has 3 aliphatic rings. The molecule has 2 atom stereocenters. The van der Waals surface area contributed by atoms with Gasteiger partial charge in [-0.15, -0.1) is 0 Å². The third-order valence-corrected chi connectivity index (χ3v) is 8.68. The van der Waals surface area contributed by atoms with Crippen LogP contribution in [0.25, 0.3) is 0 Å². The highest BCUT2D eigenvalue weighted by Crippen LogP contribution is 2.47. The number of carbonyl (C=O) groups excluding carboxylic acids is 1. The molecule has 9 heteroatoms. The lowest BCUT2D eigenvalue weighted by Crippen LogP contribution is -2.58. The van der Waals surface area contributed by atoms with Gasteiger partial charge in [-0.05, 0) is 88.2 Å². The van der Waals surface area contributed by atoms with E-state index in [-0.39, 0.29) is 23.4 Å². The fourth-order valence-corrected chi connectivity index (χ4v) is 6.70. The number of thioether (sulfide) groups is 1. The molecule has 0 bridgehead atoms. The number of hydrogen-bond acceptors (Lipinski definition) is 7. The van der Waals surface area contributed by atoms with E-state index in [1.807, 2.05) is 33.1 Å². The van der Waals surface area contributed by atoms with Gasteiger partial charge in [0.15, 0.2) is 5.16 Å². The molecule has 2 heterocycles. The number of fused-ring (bicyclic) bond motifs is 2. The summed E-state index contributed by atoms with van der Waals surface area (Å²) in [6.07, 6.45) is 7.23. The van der Waals surface area contributed by atoms with Crippen LogP contribution in [0.2, 0.25) is 0 Å². The number of halogens is 1. The van der Waals surface area contributed by atoms with Gasteiger partial charge in [0, 0.05) is 32.3 Å². The summed E-state index contributed by atoms with van der Waals surface area (Å²) in [7, 11) is 1.66. The minimum atomic E-state index is -0.549. The molecule has 1 spiro atoms. The summed E-state index contributed by atoms with van der Waals surface area (Å²) in [5.41, 5.74) is 3.96. The van der Waals surface area contributed by atoms with Crippen molar-refractivity contribution in [2.45, 2.75) is 76.1 Å². The molecule has 2 aromatic rings. The molecule has 2 aliphatic carbocycles. The predicted molar refractivity (Wildman–Crippen MR) is 148 cm³/mol. The average molecular weight is 543 g/mol. The van der Waals surface area contributed by atoms with Gasteiger partial charge >= 0.3 is 6.09 Å². The lowest BCUT2D eigenvalue weighted by Gasteiger charge is -2.44. The molecule has 0 saturated carbocycles. The number of aromatic nitrogens is 2. The Balaban J connectivity index is 1.40. The molecule has 1 aromatic carbocycles. The summed E-state index contributed by atoms with van der Waals surface area (Å²) in [6.45, 7) is 7.93. The molecule has 206 valence electrons. The van der Waals surface area contributed by atoms with Gasteiger partial charge in [0.05, 0.1) is 18.3 Å². The zero-order valence-corrected chi connectivity index (χ0v) is 24.0. The summed E-state index contributed by atoms with van der Waals surface area (Å²) < 4.78 is 25.6. The van der Waals surface area contributed by atoms with Crippen LogP contribution in [0.5, 0.6) is 0 Å². The summed E-state index contributed by atoms with van der Waals surface area (Å²) in [4.78, 5) is 27.0. The zero-order valence-electron chi connectivity index (χ0n) is 23.2. The van der Waals surface area contributed by atoms with Crippen LogP contribution in [0.3, 0.4) is 0 Å². The second kappa shape index (κ2) is 10.6. The lowest BCUT2D eigenvalue weighted by molar-refractivity contribution is 0.00334. The van der Waals surface area contributed by atoms with Crippen molar-refractivity contribution in [1.82, 2.24) is 14.9 Å². The van der Waals surface area contributed by atoms with E-state index in [1.165, 1.54) is 5.56 Å². The van der Waals surface area contributed by atoms with Gasteiger partial charge in [-0.1, -0.05) is 23.9 Å². The monoisotopic (exact) mass is 542 g/mol. The maximum absolute atomic E-state index is 14.4. The molecule has 0 N–H and O–H groups in total. The molecular weight excluding hydrogens is 503 g/mol. The number of rotatable bonds is 4. The Morgan fingerprint density at radius 3 is 2.63 bits per heavy atom. The summed E-state index contributed by atoms with van der Waals surface area (Å²) in [5.74, 6) is 0.917. The SMILES string of the molecule is COCC1CN(c2nc(SC)nc3c2CC[C@]2(CCc4c(F)cccc4C2)C3)CCN1C(=O)OC(C)(C)C. The minimum absolute atomic E-state index is 0.0704. The molecule has 1 unspecified atom stereocenters. The van der Waals surface area contributed by atoms with Crippen molar-refractivity contribution in [2.24, 2.45) is 5.41 Å². The topological polar surface area (TPSA) is 67.8 Å². The first kappa shape index (κ1) is 27.2. The number of methoxy groups -OCH3 is 1. The molecule has 7 nitrogen and oxygen atoms in total. The molecule has 1 saturated heterocycles. The number of anilines is 1. The van der Waals surface area contributed by atoms with E-state index in [0.29, 0.717) is 26.2 Å². The number of amides is 1. The maximum Gasteiger partial charge on any atom is 0.410 e. The Morgan fingerprint density at radius 2 is 1.92 bits per heavy atom. The van der Waals surface area contributed by atoms with Crippen molar-refractivity contribution in [3.8, 4) is 0 Å². The Labute approximate surface area is 229 Å². The van der Waals surface area contributed by atoms with Crippen molar-refractivity contribution in [3.05, 3.63) is 46.4 Å². The molecular formula is C29H39FN4O3S. The summed E-state index contributed by atoms with van der Waals surface area (Å²) in [6, 6.07) is 5.37. The predicted octanol–water partition coefficient (Wildman–Crippen LogP) is 5.07. The first-order valence-electron chi connectivity index (χ1n) is 13.5. The molecule has 1 aromatic heterocycles. The van der Waals surface area contributed by atoms with Crippen LogP contribution in [0, 0.1) is 11.2 Å². The Bertz CT molecular complexity index is 1200. The van der Waals surface area contributed by atoms with Crippen LogP contribution in [0.4, 0.5) is 15.0 Å². The van der Waals surface area contributed by atoms with E-state index in [0.717, 1.165) is 66.3 Å². The maximum atomic E-state index is 14.4. The van der Waals surface area contributed by atoms with Crippen molar-refractivity contribution < 1.29 is 18.7 Å². The first-order valence-corrected chi connectivity index (χ1v) is 14.8. The fraction of sp³-hybridized carbons (Fsp3) is 0.621. The van der Waals surface area contributed by atoms with Gasteiger partial charge in [0.25, 0.3) is 0 Å². The summed E-state index contributed by atoms with van der Waals surface area (Å²) >= 11 is 1.56. The fourth-order valence-electron chi connectivity index (χ4n) is 6.32. The second-order valence-electron chi connectivity index (χ2n) is 11.9. The molecule has 1 amide bonds. The van der Waals surface area contributed by atoms with Crippen molar-refractivity contribution >= 4 is 23.7 Å². The van der Waals surface area contributed by atoms with Gasteiger partial charge < -0.3 is 14.4 Å². The largest absolute Gasteiger partial charge is 0.444 e. The second-order valence-corrected chi connectivity index (χ2v) is 12.7. The van der Waals surface area contributed by atoms with Gasteiger partial charge in [-0.2, -0.15) is 0 Å². The van der Waals surface area contributed by atoms with E-state index >= 15 is 0 Å². The third-order valence-electron chi connectivity index (χ3n) is 8.14. The zero-order chi connectivity index (χ0) is 27.1. The van der Waals surface area contributed by atoms with Gasteiger partial charge in [-0.3, -0.25) is 4.90 Å². The van der Waals surface area contributed by atoms with Crippen molar-refractivity contribution in [2.75, 3.05) is 44.5 Å². The van der Waals surface area contributed by atoms with Crippen LogP contribution >= 0.6 is 11.8 Å². The van der Waals surface area contributed by atoms with Crippen LogP contribution in [-0.2, 0) is 35.2 Å². The van der Waals surface area contributed by atoms with Crippen LogP contribution in [0.1, 0.15) is 56.0 Å². The highest BCUT2D eigenvalue weighted by atomic mass is 32.2. The van der Waals surface area contributed by atoms with E-state index in [4.69, 9.17) is 19.4 Å². The van der Waals surface area contributed by atoms with Crippen molar-refractivity contribution in [1.29, 1.82) is 0 Å². The quantitative estimate of drug-likeness (QED) is 0.395. The van der Waals surface area contributed by atoms with E-state index in [2.05, 4.69) is 11.0 Å². The molecule has 0 radical (unpaired) electrons. The summed E-state index contributed by atoms with van der Waals surface area (Å²) in [5, 5.41) is 0.774. The lowest BCUT2D eigenvalue weighted by atomic mass is 9.63. The third kappa shape index (κ3) is 5.50. The van der Waals surface area contributed by atoms with E-state index in [9.17, 15) is 9.18 Å². The number of carbonyl (C=O) groups is 1. The molecule has 38 heavy (non-hydrogen) atoms. The van der Waals surface area contributed by atoms with Crippen LogP contribution in [-0.4, -0.2) is 72.2 Å².